The van der Waals surface area contributed by atoms with Gasteiger partial charge in [-0.3, -0.25) is 4.79 Å². The van der Waals surface area contributed by atoms with Gasteiger partial charge in [0.1, 0.15) is 5.54 Å². The van der Waals surface area contributed by atoms with Crippen molar-refractivity contribution in [1.29, 1.82) is 0 Å². The molecule has 1 aliphatic rings. The average Bonchev–Trinajstić information content (AvgIpc) is 2.61. The Morgan fingerprint density at radius 1 is 1.47 bits per heavy atom. The van der Waals surface area contributed by atoms with Crippen LogP contribution in [0.2, 0.25) is 0 Å². The molecular weight excluding hydrogens is 190 g/mol. The lowest BCUT2D eigenvalue weighted by Gasteiger charge is -2.26. The van der Waals surface area contributed by atoms with Gasteiger partial charge in [-0.15, -0.1) is 0 Å². The number of rotatable bonds is 2. The molecule has 0 fully saturated rings. The van der Waals surface area contributed by atoms with Gasteiger partial charge in [-0.25, -0.2) is 0 Å². The predicted octanol–water partition coefficient (Wildman–Crippen LogP) is 1.60. The molecule has 1 aromatic carbocycles. The summed E-state index contributed by atoms with van der Waals surface area (Å²) < 4.78 is 0. The maximum atomic E-state index is 11.1. The van der Waals surface area contributed by atoms with E-state index < -0.39 is 11.5 Å². The van der Waals surface area contributed by atoms with E-state index in [0.717, 1.165) is 11.1 Å². The van der Waals surface area contributed by atoms with Gasteiger partial charge in [0.2, 0.25) is 0 Å². The molecule has 1 aliphatic carbocycles. The van der Waals surface area contributed by atoms with Crippen LogP contribution in [0.25, 0.3) is 6.08 Å². The number of aliphatic carboxylic acids is 1. The van der Waals surface area contributed by atoms with Gasteiger partial charge in [0.15, 0.2) is 0 Å². The van der Waals surface area contributed by atoms with Crippen LogP contribution in [0, 0.1) is 0 Å². The Kier molecular flexibility index (Phi) is 2.12. The van der Waals surface area contributed by atoms with Crippen LogP contribution >= 0.6 is 0 Å². The zero-order valence-electron chi connectivity index (χ0n) is 8.47. The lowest BCUT2D eigenvalue weighted by atomic mass is 9.83. The van der Waals surface area contributed by atoms with Gasteiger partial charge in [0.25, 0.3) is 0 Å². The standard InChI is InChI=1S/C12H13NO2/c1-12(13,11(14)15)10-7-6-8-4-2-3-5-9(8)10/h2-7,10H,13H2,1H3,(H,14,15). The molecular formula is C12H13NO2. The molecule has 0 radical (unpaired) electrons. The van der Waals surface area contributed by atoms with E-state index in [9.17, 15) is 4.79 Å². The van der Waals surface area contributed by atoms with Crippen LogP contribution in [-0.2, 0) is 4.79 Å². The predicted molar refractivity (Wildman–Crippen MR) is 58.4 cm³/mol. The zero-order chi connectivity index (χ0) is 11.1. The van der Waals surface area contributed by atoms with Gasteiger partial charge in [0.05, 0.1) is 0 Å². The summed E-state index contributed by atoms with van der Waals surface area (Å²) in [6.07, 6.45) is 3.78. The van der Waals surface area contributed by atoms with E-state index >= 15 is 0 Å². The second kappa shape index (κ2) is 3.21. The minimum atomic E-state index is -1.25. The second-order valence-corrected chi connectivity index (χ2v) is 4.05. The van der Waals surface area contributed by atoms with Crippen molar-refractivity contribution in [2.45, 2.75) is 18.4 Å². The molecule has 2 rings (SSSR count). The summed E-state index contributed by atoms with van der Waals surface area (Å²) in [7, 11) is 0. The molecule has 3 nitrogen and oxygen atoms in total. The summed E-state index contributed by atoms with van der Waals surface area (Å²) in [5, 5.41) is 9.07. The molecule has 78 valence electrons. The van der Waals surface area contributed by atoms with Gasteiger partial charge in [-0.1, -0.05) is 36.4 Å². The SMILES string of the molecule is CC(N)(C(=O)O)C1C=Cc2ccccc21. The summed E-state index contributed by atoms with van der Waals surface area (Å²) in [6, 6.07) is 7.72. The van der Waals surface area contributed by atoms with Crippen molar-refractivity contribution >= 4 is 12.0 Å². The number of carbonyl (C=O) groups is 1. The van der Waals surface area contributed by atoms with E-state index in [1.807, 2.05) is 36.4 Å². The molecule has 0 heterocycles. The lowest BCUT2D eigenvalue weighted by Crippen LogP contribution is -2.49. The first-order chi connectivity index (χ1) is 7.03. The maximum absolute atomic E-state index is 11.1. The third-order valence-electron chi connectivity index (χ3n) is 2.91. The fraction of sp³-hybridized carbons (Fsp3) is 0.250. The van der Waals surface area contributed by atoms with E-state index in [-0.39, 0.29) is 5.92 Å². The van der Waals surface area contributed by atoms with E-state index in [1.54, 1.807) is 6.92 Å². The molecule has 2 unspecified atom stereocenters. The highest BCUT2D eigenvalue weighted by atomic mass is 16.4. The van der Waals surface area contributed by atoms with E-state index in [4.69, 9.17) is 10.8 Å². The molecule has 1 aromatic rings. The molecule has 0 saturated heterocycles. The number of carboxylic acids is 1. The summed E-state index contributed by atoms with van der Waals surface area (Å²) in [6.45, 7) is 1.55. The van der Waals surface area contributed by atoms with Crippen LogP contribution in [0.15, 0.2) is 30.3 Å². The average molecular weight is 203 g/mol. The van der Waals surface area contributed by atoms with Gasteiger partial charge < -0.3 is 10.8 Å². The van der Waals surface area contributed by atoms with Crippen molar-refractivity contribution in [2.75, 3.05) is 0 Å². The highest BCUT2D eigenvalue weighted by Gasteiger charge is 2.39. The number of hydrogen-bond acceptors (Lipinski definition) is 2. The van der Waals surface area contributed by atoms with Crippen LogP contribution < -0.4 is 5.73 Å². The summed E-state index contributed by atoms with van der Waals surface area (Å²) in [5.41, 5.74) is 6.63. The molecule has 3 heteroatoms. The molecule has 2 atom stereocenters. The Hall–Kier alpha value is -1.61. The normalized spacial score (nSPS) is 22.1. The minimum Gasteiger partial charge on any atom is -0.480 e. The third kappa shape index (κ3) is 1.45. The smallest absolute Gasteiger partial charge is 0.324 e. The van der Waals surface area contributed by atoms with E-state index in [0.29, 0.717) is 0 Å². The molecule has 0 aromatic heterocycles. The summed E-state index contributed by atoms with van der Waals surface area (Å²) in [4.78, 5) is 11.1. The largest absolute Gasteiger partial charge is 0.480 e. The van der Waals surface area contributed by atoms with Gasteiger partial charge in [0, 0.05) is 5.92 Å². The van der Waals surface area contributed by atoms with Crippen LogP contribution in [0.5, 0.6) is 0 Å². The van der Waals surface area contributed by atoms with Crippen molar-refractivity contribution in [1.82, 2.24) is 0 Å². The second-order valence-electron chi connectivity index (χ2n) is 4.05. The number of nitrogens with two attached hydrogens (primary N) is 1. The fourth-order valence-electron chi connectivity index (χ4n) is 1.91. The highest BCUT2D eigenvalue weighted by molar-refractivity contribution is 5.82. The quantitative estimate of drug-likeness (QED) is 0.767. The molecule has 0 amide bonds. The topological polar surface area (TPSA) is 63.3 Å². The molecule has 15 heavy (non-hydrogen) atoms. The van der Waals surface area contributed by atoms with E-state index in [2.05, 4.69) is 0 Å². The van der Waals surface area contributed by atoms with Crippen molar-refractivity contribution in [3.8, 4) is 0 Å². The summed E-state index contributed by atoms with van der Waals surface area (Å²) >= 11 is 0. The van der Waals surface area contributed by atoms with E-state index in [1.165, 1.54) is 0 Å². The minimum absolute atomic E-state index is 0.244. The Balaban J connectivity index is 2.44. The third-order valence-corrected chi connectivity index (χ3v) is 2.91. The van der Waals surface area contributed by atoms with Crippen LogP contribution in [0.1, 0.15) is 24.0 Å². The van der Waals surface area contributed by atoms with Crippen molar-refractivity contribution in [3.63, 3.8) is 0 Å². The maximum Gasteiger partial charge on any atom is 0.324 e. The summed E-state index contributed by atoms with van der Waals surface area (Å²) in [5.74, 6) is -1.22. The number of fused-ring (bicyclic) bond motifs is 1. The van der Waals surface area contributed by atoms with Crippen molar-refractivity contribution in [3.05, 3.63) is 41.5 Å². The van der Waals surface area contributed by atoms with Crippen molar-refractivity contribution < 1.29 is 9.90 Å². The van der Waals surface area contributed by atoms with Crippen LogP contribution in [0.4, 0.5) is 0 Å². The lowest BCUT2D eigenvalue weighted by molar-refractivity contribution is -0.143. The van der Waals surface area contributed by atoms with Crippen LogP contribution in [0.3, 0.4) is 0 Å². The zero-order valence-corrected chi connectivity index (χ0v) is 8.47. The molecule has 3 N–H and O–H groups in total. The Morgan fingerprint density at radius 3 is 2.80 bits per heavy atom. The number of hydrogen-bond donors (Lipinski definition) is 2. The number of benzene rings is 1. The fourth-order valence-corrected chi connectivity index (χ4v) is 1.91. The van der Waals surface area contributed by atoms with Crippen LogP contribution in [-0.4, -0.2) is 16.6 Å². The first-order valence-corrected chi connectivity index (χ1v) is 4.83. The number of carboxylic acid groups (broad SMARTS) is 1. The van der Waals surface area contributed by atoms with Crippen molar-refractivity contribution in [2.24, 2.45) is 5.73 Å². The Labute approximate surface area is 88.2 Å². The highest BCUT2D eigenvalue weighted by Crippen LogP contribution is 2.36. The molecule has 0 spiro atoms. The monoisotopic (exact) mass is 203 g/mol. The Morgan fingerprint density at radius 2 is 2.13 bits per heavy atom. The van der Waals surface area contributed by atoms with Gasteiger partial charge >= 0.3 is 5.97 Å². The molecule has 0 aliphatic heterocycles. The first-order valence-electron chi connectivity index (χ1n) is 4.83. The first kappa shape index (κ1) is 9.93. The molecule has 0 bridgehead atoms. The Bertz CT molecular complexity index is 435. The van der Waals surface area contributed by atoms with Gasteiger partial charge in [-0.05, 0) is 18.1 Å². The molecule has 0 saturated carbocycles. The van der Waals surface area contributed by atoms with Gasteiger partial charge in [-0.2, -0.15) is 0 Å².